The van der Waals surface area contributed by atoms with Gasteiger partial charge in [0.1, 0.15) is 5.75 Å². The van der Waals surface area contributed by atoms with E-state index in [-0.39, 0.29) is 11.8 Å². The lowest BCUT2D eigenvalue weighted by Gasteiger charge is -2.07. The minimum atomic E-state index is -0.217. The van der Waals surface area contributed by atoms with Crippen molar-refractivity contribution in [2.24, 2.45) is 0 Å². The highest BCUT2D eigenvalue weighted by Crippen LogP contribution is 2.28. The summed E-state index contributed by atoms with van der Waals surface area (Å²) in [5.74, 6) is 0.303. The number of anilines is 2. The zero-order valence-electron chi connectivity index (χ0n) is 17.1. The third kappa shape index (κ3) is 4.90. The highest BCUT2D eigenvalue weighted by atomic mass is 32.1. The number of ether oxygens (including phenoxy) is 1. The molecule has 0 spiro atoms. The average molecular weight is 432 g/mol. The molecule has 0 unspecified atom stereocenters. The lowest BCUT2D eigenvalue weighted by Crippen LogP contribution is -2.11. The molecule has 4 rings (SSSR count). The maximum atomic E-state index is 12.5. The highest BCUT2D eigenvalue weighted by molar-refractivity contribution is 7.22. The predicted molar refractivity (Wildman–Crippen MR) is 124 cm³/mol. The van der Waals surface area contributed by atoms with Gasteiger partial charge in [0.05, 0.1) is 16.8 Å². The Labute approximate surface area is 183 Å². The van der Waals surface area contributed by atoms with E-state index in [0.29, 0.717) is 34.1 Å². The van der Waals surface area contributed by atoms with Crippen molar-refractivity contribution in [2.75, 3.05) is 17.2 Å². The van der Waals surface area contributed by atoms with Gasteiger partial charge in [0.25, 0.3) is 11.8 Å². The van der Waals surface area contributed by atoms with Crippen molar-refractivity contribution >= 4 is 44.2 Å². The Kier molecular flexibility index (Phi) is 5.95. The van der Waals surface area contributed by atoms with Crippen LogP contribution in [0.4, 0.5) is 10.8 Å². The molecule has 0 atom stereocenters. The van der Waals surface area contributed by atoms with Crippen LogP contribution in [0.15, 0.2) is 66.7 Å². The fourth-order valence-corrected chi connectivity index (χ4v) is 3.85. The van der Waals surface area contributed by atoms with Gasteiger partial charge in [0.15, 0.2) is 5.13 Å². The summed E-state index contributed by atoms with van der Waals surface area (Å²) < 4.78 is 6.32. The summed E-state index contributed by atoms with van der Waals surface area (Å²) in [4.78, 5) is 29.4. The van der Waals surface area contributed by atoms with E-state index in [1.54, 1.807) is 42.5 Å². The number of fused-ring (bicyclic) bond motifs is 1. The molecule has 0 saturated carbocycles. The number of nitrogens with zero attached hydrogens (tertiary/aromatic N) is 1. The summed E-state index contributed by atoms with van der Waals surface area (Å²) in [5, 5.41) is 6.23. The van der Waals surface area contributed by atoms with Gasteiger partial charge in [0.2, 0.25) is 0 Å². The Morgan fingerprint density at radius 1 is 0.903 bits per heavy atom. The summed E-state index contributed by atoms with van der Waals surface area (Å²) in [5.41, 5.74) is 3.54. The van der Waals surface area contributed by atoms with Gasteiger partial charge in [-0.2, -0.15) is 0 Å². The van der Waals surface area contributed by atoms with Crippen LogP contribution in [0.25, 0.3) is 10.2 Å². The normalized spacial score (nSPS) is 10.6. The average Bonchev–Trinajstić information content (AvgIpc) is 3.16. The van der Waals surface area contributed by atoms with Crippen LogP contribution >= 0.6 is 11.3 Å². The Hall–Kier alpha value is -3.71. The molecular formula is C24H21N3O3S. The van der Waals surface area contributed by atoms with Crippen molar-refractivity contribution in [1.29, 1.82) is 0 Å². The first-order valence-corrected chi connectivity index (χ1v) is 10.7. The molecule has 1 heterocycles. The molecule has 0 aliphatic carbocycles. The van der Waals surface area contributed by atoms with Crippen LogP contribution < -0.4 is 15.4 Å². The van der Waals surface area contributed by atoms with E-state index in [1.807, 2.05) is 38.1 Å². The first-order chi connectivity index (χ1) is 15.0. The number of carbonyl (C=O) groups excluding carboxylic acids is 2. The molecule has 0 aliphatic rings. The van der Waals surface area contributed by atoms with Crippen molar-refractivity contribution in [3.05, 3.63) is 83.4 Å². The predicted octanol–water partition coefficient (Wildman–Crippen LogP) is 5.51. The van der Waals surface area contributed by atoms with E-state index >= 15 is 0 Å². The molecule has 0 fully saturated rings. The SMILES string of the molecule is CCOc1ccc(C(=O)Nc2ccc3sc(NC(=O)c4ccc(C)cc4)nc3c2)cc1. The Morgan fingerprint density at radius 3 is 2.23 bits per heavy atom. The minimum Gasteiger partial charge on any atom is -0.494 e. The largest absolute Gasteiger partial charge is 0.494 e. The van der Waals surface area contributed by atoms with Gasteiger partial charge in [0, 0.05) is 16.8 Å². The number of aromatic nitrogens is 1. The van der Waals surface area contributed by atoms with E-state index in [9.17, 15) is 9.59 Å². The van der Waals surface area contributed by atoms with Crippen molar-refractivity contribution in [3.63, 3.8) is 0 Å². The molecule has 0 radical (unpaired) electrons. The highest BCUT2D eigenvalue weighted by Gasteiger charge is 2.12. The molecule has 0 saturated heterocycles. The minimum absolute atomic E-state index is 0.205. The van der Waals surface area contributed by atoms with Crippen LogP contribution in [0.3, 0.4) is 0 Å². The van der Waals surface area contributed by atoms with Crippen LogP contribution in [0.5, 0.6) is 5.75 Å². The molecule has 0 bridgehead atoms. The monoisotopic (exact) mass is 431 g/mol. The van der Waals surface area contributed by atoms with Gasteiger partial charge in [-0.15, -0.1) is 0 Å². The summed E-state index contributed by atoms with van der Waals surface area (Å²) in [6.45, 7) is 4.46. The standard InChI is InChI=1S/C24H21N3O3S/c1-3-30-19-11-8-17(9-12-19)22(28)25-18-10-13-21-20(14-18)26-24(31-21)27-23(29)16-6-4-15(2)5-7-16/h4-14H,3H2,1-2H3,(H,25,28)(H,26,27,29). The van der Waals surface area contributed by atoms with Crippen molar-refractivity contribution in [1.82, 2.24) is 4.98 Å². The molecular weight excluding hydrogens is 410 g/mol. The number of amides is 2. The van der Waals surface area contributed by atoms with Gasteiger partial charge in [-0.3, -0.25) is 14.9 Å². The summed E-state index contributed by atoms with van der Waals surface area (Å²) >= 11 is 1.38. The third-order valence-electron chi connectivity index (χ3n) is 4.61. The van der Waals surface area contributed by atoms with E-state index in [0.717, 1.165) is 16.0 Å². The number of thiazole rings is 1. The van der Waals surface area contributed by atoms with Gasteiger partial charge >= 0.3 is 0 Å². The lowest BCUT2D eigenvalue weighted by atomic mass is 10.1. The first-order valence-electron chi connectivity index (χ1n) is 9.84. The maximum absolute atomic E-state index is 12.5. The van der Waals surface area contributed by atoms with Crippen LogP contribution in [0.1, 0.15) is 33.2 Å². The van der Waals surface area contributed by atoms with Crippen molar-refractivity contribution in [2.45, 2.75) is 13.8 Å². The quantitative estimate of drug-likeness (QED) is 0.422. The molecule has 2 N–H and O–H groups in total. The molecule has 6 nitrogen and oxygen atoms in total. The second kappa shape index (κ2) is 8.97. The summed E-state index contributed by atoms with van der Waals surface area (Å²) in [7, 11) is 0. The smallest absolute Gasteiger partial charge is 0.257 e. The van der Waals surface area contributed by atoms with Gasteiger partial charge in [-0.05, 0) is 68.4 Å². The lowest BCUT2D eigenvalue weighted by molar-refractivity contribution is 0.101. The van der Waals surface area contributed by atoms with Gasteiger partial charge in [-0.1, -0.05) is 29.0 Å². The summed E-state index contributed by atoms with van der Waals surface area (Å²) in [6.07, 6.45) is 0. The van der Waals surface area contributed by atoms with Gasteiger partial charge < -0.3 is 10.1 Å². The van der Waals surface area contributed by atoms with E-state index < -0.39 is 0 Å². The third-order valence-corrected chi connectivity index (χ3v) is 5.56. The van der Waals surface area contributed by atoms with Crippen LogP contribution in [-0.2, 0) is 0 Å². The summed E-state index contributed by atoms with van der Waals surface area (Å²) in [6, 6.07) is 19.8. The van der Waals surface area contributed by atoms with E-state index in [4.69, 9.17) is 4.74 Å². The molecule has 2 amide bonds. The van der Waals surface area contributed by atoms with E-state index in [2.05, 4.69) is 15.6 Å². The molecule has 1 aromatic heterocycles. The fourth-order valence-electron chi connectivity index (χ4n) is 3.01. The number of aryl methyl sites for hydroxylation is 1. The van der Waals surface area contributed by atoms with E-state index in [1.165, 1.54) is 11.3 Å². The topological polar surface area (TPSA) is 80.3 Å². The zero-order valence-corrected chi connectivity index (χ0v) is 18.0. The van der Waals surface area contributed by atoms with Crippen LogP contribution in [-0.4, -0.2) is 23.4 Å². The number of carbonyl (C=O) groups is 2. The van der Waals surface area contributed by atoms with Crippen LogP contribution in [0, 0.1) is 6.92 Å². The Morgan fingerprint density at radius 2 is 1.55 bits per heavy atom. The molecule has 4 aromatic rings. The molecule has 0 aliphatic heterocycles. The van der Waals surface area contributed by atoms with Crippen molar-refractivity contribution in [3.8, 4) is 5.75 Å². The first kappa shape index (κ1) is 20.6. The van der Waals surface area contributed by atoms with Crippen LogP contribution in [0.2, 0.25) is 0 Å². The molecule has 3 aromatic carbocycles. The number of benzene rings is 3. The number of nitrogens with one attached hydrogen (secondary N) is 2. The maximum Gasteiger partial charge on any atom is 0.257 e. The number of rotatable bonds is 6. The van der Waals surface area contributed by atoms with Crippen molar-refractivity contribution < 1.29 is 14.3 Å². The number of hydrogen-bond donors (Lipinski definition) is 2. The second-order valence-electron chi connectivity index (χ2n) is 6.93. The Balaban J connectivity index is 1.46. The number of hydrogen-bond acceptors (Lipinski definition) is 5. The zero-order chi connectivity index (χ0) is 21.8. The molecule has 7 heteroatoms. The van der Waals surface area contributed by atoms with Gasteiger partial charge in [-0.25, -0.2) is 4.98 Å². The molecule has 156 valence electrons. The second-order valence-corrected chi connectivity index (χ2v) is 7.96. The Bertz CT molecular complexity index is 1230. The molecule has 31 heavy (non-hydrogen) atoms. The fraction of sp³-hybridized carbons (Fsp3) is 0.125.